The number of hydrogen-bond donors (Lipinski definition) is 1. The van der Waals surface area contributed by atoms with Crippen molar-refractivity contribution in [1.29, 1.82) is 0 Å². The lowest BCUT2D eigenvalue weighted by Crippen LogP contribution is -2.54. The van der Waals surface area contributed by atoms with Crippen LogP contribution in [0.15, 0.2) is 0 Å². The molecule has 1 rings (SSSR count). The van der Waals surface area contributed by atoms with Crippen LogP contribution < -0.4 is 5.32 Å². The highest BCUT2D eigenvalue weighted by Crippen LogP contribution is 2.08. The standard InChI is InChI=1S/C11H24N2S/c1-10-9-13(11(2)8-12-10)6-4-5-7-14-3/h10-12H,4-9H2,1-3H3. The Balaban J connectivity index is 2.14. The quantitative estimate of drug-likeness (QED) is 0.706. The fourth-order valence-corrected chi connectivity index (χ4v) is 2.46. The Morgan fingerprint density at radius 2 is 2.14 bits per heavy atom. The molecule has 0 aromatic carbocycles. The first kappa shape index (κ1) is 12.3. The zero-order valence-electron chi connectivity index (χ0n) is 9.75. The van der Waals surface area contributed by atoms with E-state index >= 15 is 0 Å². The van der Waals surface area contributed by atoms with Crippen molar-refractivity contribution in [2.75, 3.05) is 31.6 Å². The molecule has 0 aromatic rings. The third kappa shape index (κ3) is 4.20. The van der Waals surface area contributed by atoms with Gasteiger partial charge >= 0.3 is 0 Å². The van der Waals surface area contributed by atoms with E-state index in [-0.39, 0.29) is 0 Å². The van der Waals surface area contributed by atoms with E-state index in [2.05, 4.69) is 30.3 Å². The number of nitrogens with zero attached hydrogens (tertiary/aromatic N) is 1. The highest BCUT2D eigenvalue weighted by atomic mass is 32.2. The molecule has 1 fully saturated rings. The number of nitrogens with one attached hydrogen (secondary N) is 1. The van der Waals surface area contributed by atoms with Crippen molar-refractivity contribution in [2.24, 2.45) is 0 Å². The van der Waals surface area contributed by atoms with Gasteiger partial charge in [0.15, 0.2) is 0 Å². The highest BCUT2D eigenvalue weighted by molar-refractivity contribution is 7.98. The average molecular weight is 216 g/mol. The summed E-state index contributed by atoms with van der Waals surface area (Å²) in [6.07, 6.45) is 4.92. The summed E-state index contributed by atoms with van der Waals surface area (Å²) in [7, 11) is 0. The van der Waals surface area contributed by atoms with Crippen LogP contribution in [0.2, 0.25) is 0 Å². The van der Waals surface area contributed by atoms with Crippen LogP contribution in [0.4, 0.5) is 0 Å². The first-order valence-corrected chi connectivity index (χ1v) is 7.09. The zero-order chi connectivity index (χ0) is 10.4. The summed E-state index contributed by atoms with van der Waals surface area (Å²) < 4.78 is 0. The molecule has 2 atom stereocenters. The Bertz CT molecular complexity index is 152. The van der Waals surface area contributed by atoms with Gasteiger partial charge in [-0.25, -0.2) is 0 Å². The molecule has 0 aromatic heterocycles. The van der Waals surface area contributed by atoms with Crippen molar-refractivity contribution in [3.63, 3.8) is 0 Å². The largest absolute Gasteiger partial charge is 0.311 e. The molecule has 0 amide bonds. The smallest absolute Gasteiger partial charge is 0.0193 e. The van der Waals surface area contributed by atoms with Gasteiger partial charge in [0.2, 0.25) is 0 Å². The first-order chi connectivity index (χ1) is 6.74. The molecule has 0 bridgehead atoms. The summed E-state index contributed by atoms with van der Waals surface area (Å²) in [6, 6.07) is 1.40. The van der Waals surface area contributed by atoms with Crippen molar-refractivity contribution in [3.8, 4) is 0 Å². The van der Waals surface area contributed by atoms with E-state index < -0.39 is 0 Å². The third-order valence-corrected chi connectivity index (χ3v) is 3.63. The predicted octanol–water partition coefficient (Wildman–Crippen LogP) is 1.81. The zero-order valence-corrected chi connectivity index (χ0v) is 10.6. The Kier molecular flexibility index (Phi) is 5.90. The summed E-state index contributed by atoms with van der Waals surface area (Å²) in [6.45, 7) is 8.27. The molecule has 0 aliphatic carbocycles. The fraction of sp³-hybridized carbons (Fsp3) is 1.00. The summed E-state index contributed by atoms with van der Waals surface area (Å²) >= 11 is 1.96. The number of piperazine rings is 1. The van der Waals surface area contributed by atoms with Crippen LogP contribution in [0.5, 0.6) is 0 Å². The van der Waals surface area contributed by atoms with Crippen LogP contribution in [-0.2, 0) is 0 Å². The van der Waals surface area contributed by atoms with Crippen molar-refractivity contribution >= 4 is 11.8 Å². The second kappa shape index (κ2) is 6.70. The molecular weight excluding hydrogens is 192 g/mol. The minimum atomic E-state index is 0.673. The van der Waals surface area contributed by atoms with Gasteiger partial charge < -0.3 is 5.32 Å². The lowest BCUT2D eigenvalue weighted by molar-refractivity contribution is 0.145. The number of unbranched alkanes of at least 4 members (excludes halogenated alkanes) is 1. The van der Waals surface area contributed by atoms with Crippen molar-refractivity contribution in [1.82, 2.24) is 10.2 Å². The van der Waals surface area contributed by atoms with Crippen LogP contribution >= 0.6 is 11.8 Å². The monoisotopic (exact) mass is 216 g/mol. The summed E-state index contributed by atoms with van der Waals surface area (Å²) in [5.74, 6) is 1.32. The van der Waals surface area contributed by atoms with Gasteiger partial charge in [0.25, 0.3) is 0 Å². The Morgan fingerprint density at radius 3 is 2.86 bits per heavy atom. The van der Waals surface area contributed by atoms with Crippen LogP contribution in [0, 0.1) is 0 Å². The Hall–Kier alpha value is 0.270. The number of hydrogen-bond acceptors (Lipinski definition) is 3. The Labute approximate surface area is 92.8 Å². The van der Waals surface area contributed by atoms with Gasteiger partial charge in [0.1, 0.15) is 0 Å². The van der Waals surface area contributed by atoms with Gasteiger partial charge in [-0.15, -0.1) is 0 Å². The molecule has 14 heavy (non-hydrogen) atoms. The molecule has 1 saturated heterocycles. The number of thioether (sulfide) groups is 1. The average Bonchev–Trinajstić information content (AvgIpc) is 2.18. The molecular formula is C11H24N2S. The maximum atomic E-state index is 3.52. The summed E-state index contributed by atoms with van der Waals surface area (Å²) in [5, 5.41) is 3.52. The topological polar surface area (TPSA) is 15.3 Å². The van der Waals surface area contributed by atoms with E-state index in [0.29, 0.717) is 6.04 Å². The van der Waals surface area contributed by atoms with E-state index in [1.54, 1.807) is 0 Å². The molecule has 2 unspecified atom stereocenters. The normalized spacial score (nSPS) is 29.4. The minimum Gasteiger partial charge on any atom is -0.311 e. The fourth-order valence-electron chi connectivity index (χ4n) is 1.97. The second-order valence-corrected chi connectivity index (χ2v) is 5.34. The summed E-state index contributed by atoms with van der Waals surface area (Å²) in [4.78, 5) is 2.63. The van der Waals surface area contributed by atoms with E-state index in [4.69, 9.17) is 0 Å². The number of rotatable bonds is 5. The van der Waals surface area contributed by atoms with Gasteiger partial charge in [-0.3, -0.25) is 4.90 Å². The second-order valence-electron chi connectivity index (χ2n) is 4.35. The molecule has 1 heterocycles. The predicted molar refractivity (Wildman–Crippen MR) is 66.1 cm³/mol. The van der Waals surface area contributed by atoms with E-state index in [1.807, 2.05) is 11.8 Å². The highest BCUT2D eigenvalue weighted by Gasteiger charge is 2.21. The molecule has 3 heteroatoms. The maximum absolute atomic E-state index is 3.52. The summed E-state index contributed by atoms with van der Waals surface area (Å²) in [5.41, 5.74) is 0. The van der Waals surface area contributed by atoms with Crippen LogP contribution in [0.1, 0.15) is 26.7 Å². The van der Waals surface area contributed by atoms with Crippen LogP contribution in [0.25, 0.3) is 0 Å². The molecule has 1 aliphatic rings. The van der Waals surface area contributed by atoms with Gasteiger partial charge in [-0.05, 0) is 45.2 Å². The SMILES string of the molecule is CSCCCCN1CC(C)NCC1C. The maximum Gasteiger partial charge on any atom is 0.0193 e. The van der Waals surface area contributed by atoms with Crippen LogP contribution in [0.3, 0.4) is 0 Å². The van der Waals surface area contributed by atoms with Crippen molar-refractivity contribution in [2.45, 2.75) is 38.8 Å². The molecule has 1 N–H and O–H groups in total. The Morgan fingerprint density at radius 1 is 1.36 bits per heavy atom. The molecule has 0 spiro atoms. The van der Waals surface area contributed by atoms with Crippen LogP contribution in [-0.4, -0.2) is 48.6 Å². The van der Waals surface area contributed by atoms with Gasteiger partial charge in [0, 0.05) is 25.2 Å². The van der Waals surface area contributed by atoms with Crippen molar-refractivity contribution in [3.05, 3.63) is 0 Å². The van der Waals surface area contributed by atoms with E-state index in [0.717, 1.165) is 12.6 Å². The van der Waals surface area contributed by atoms with E-state index in [1.165, 1.54) is 31.7 Å². The molecule has 0 saturated carbocycles. The molecule has 2 nitrogen and oxygen atoms in total. The third-order valence-electron chi connectivity index (χ3n) is 2.94. The molecule has 84 valence electrons. The first-order valence-electron chi connectivity index (χ1n) is 5.70. The van der Waals surface area contributed by atoms with Gasteiger partial charge in [0.05, 0.1) is 0 Å². The lowest BCUT2D eigenvalue weighted by Gasteiger charge is -2.37. The lowest BCUT2D eigenvalue weighted by atomic mass is 10.1. The minimum absolute atomic E-state index is 0.673. The molecule has 1 aliphatic heterocycles. The van der Waals surface area contributed by atoms with Gasteiger partial charge in [-0.2, -0.15) is 11.8 Å². The van der Waals surface area contributed by atoms with Crippen molar-refractivity contribution < 1.29 is 0 Å². The molecule has 0 radical (unpaired) electrons. The van der Waals surface area contributed by atoms with Gasteiger partial charge in [-0.1, -0.05) is 0 Å². The van der Waals surface area contributed by atoms with E-state index in [9.17, 15) is 0 Å².